The van der Waals surface area contributed by atoms with Crippen molar-refractivity contribution in [1.29, 1.82) is 0 Å². The van der Waals surface area contributed by atoms with Crippen LogP contribution in [0.4, 0.5) is 5.69 Å². The molecule has 0 aliphatic carbocycles. The van der Waals surface area contributed by atoms with E-state index in [0.717, 1.165) is 12.0 Å². The molecule has 1 fully saturated rings. The first-order valence-electron chi connectivity index (χ1n) is 6.64. The summed E-state index contributed by atoms with van der Waals surface area (Å²) >= 11 is 0. The summed E-state index contributed by atoms with van der Waals surface area (Å²) in [5, 5.41) is 2.83. The van der Waals surface area contributed by atoms with Crippen LogP contribution in [0, 0.1) is 0 Å². The molecule has 20 heavy (non-hydrogen) atoms. The molecule has 5 heteroatoms. The number of benzene rings is 1. The van der Waals surface area contributed by atoms with Crippen molar-refractivity contribution in [3.63, 3.8) is 0 Å². The highest BCUT2D eigenvalue weighted by Crippen LogP contribution is 2.12. The van der Waals surface area contributed by atoms with E-state index in [1.54, 1.807) is 23.1 Å². The third-order valence-corrected chi connectivity index (χ3v) is 3.24. The normalized spacial score (nSPS) is 18.4. The molecule has 1 aliphatic rings. The van der Waals surface area contributed by atoms with Crippen molar-refractivity contribution in [1.82, 2.24) is 10.2 Å². The van der Waals surface area contributed by atoms with Crippen molar-refractivity contribution in [2.24, 2.45) is 0 Å². The van der Waals surface area contributed by atoms with Gasteiger partial charge in [0.15, 0.2) is 0 Å². The SMILES string of the molecule is CC(=O)NC1CCN(C(=O)/C=C/c2cccc(N)c2)C1. The average molecular weight is 273 g/mol. The van der Waals surface area contributed by atoms with Crippen molar-refractivity contribution >= 4 is 23.6 Å². The van der Waals surface area contributed by atoms with Crippen LogP contribution in [0.5, 0.6) is 0 Å². The molecule has 0 saturated carbocycles. The lowest BCUT2D eigenvalue weighted by atomic mass is 10.2. The highest BCUT2D eigenvalue weighted by Gasteiger charge is 2.25. The Morgan fingerprint density at radius 2 is 2.25 bits per heavy atom. The fraction of sp³-hybridized carbons (Fsp3) is 0.333. The maximum atomic E-state index is 12.0. The number of carbonyl (C=O) groups is 2. The van der Waals surface area contributed by atoms with Crippen LogP contribution in [0.25, 0.3) is 6.08 Å². The van der Waals surface area contributed by atoms with Gasteiger partial charge in [0.05, 0.1) is 0 Å². The van der Waals surface area contributed by atoms with Gasteiger partial charge in [-0.1, -0.05) is 12.1 Å². The highest BCUT2D eigenvalue weighted by atomic mass is 16.2. The molecule has 0 aromatic heterocycles. The molecule has 106 valence electrons. The Morgan fingerprint density at radius 1 is 1.45 bits per heavy atom. The van der Waals surface area contributed by atoms with Gasteiger partial charge in [-0.15, -0.1) is 0 Å². The van der Waals surface area contributed by atoms with Crippen LogP contribution >= 0.6 is 0 Å². The monoisotopic (exact) mass is 273 g/mol. The van der Waals surface area contributed by atoms with Crippen LogP contribution in [0.1, 0.15) is 18.9 Å². The first-order chi connectivity index (χ1) is 9.54. The largest absolute Gasteiger partial charge is 0.399 e. The van der Waals surface area contributed by atoms with E-state index in [1.807, 2.05) is 18.2 Å². The molecule has 3 N–H and O–H groups in total. The Morgan fingerprint density at radius 3 is 2.95 bits per heavy atom. The minimum absolute atomic E-state index is 0.0414. The number of nitrogens with zero attached hydrogens (tertiary/aromatic N) is 1. The second-order valence-corrected chi connectivity index (χ2v) is 4.97. The molecule has 0 radical (unpaired) electrons. The summed E-state index contributed by atoms with van der Waals surface area (Å²) in [4.78, 5) is 24.7. The number of amides is 2. The van der Waals surface area contributed by atoms with Gasteiger partial charge in [-0.25, -0.2) is 0 Å². The third kappa shape index (κ3) is 3.85. The van der Waals surface area contributed by atoms with E-state index < -0.39 is 0 Å². The summed E-state index contributed by atoms with van der Waals surface area (Å²) in [6, 6.07) is 7.43. The fourth-order valence-electron chi connectivity index (χ4n) is 2.30. The summed E-state index contributed by atoms with van der Waals surface area (Å²) in [6.07, 6.45) is 4.10. The number of rotatable bonds is 3. The Hall–Kier alpha value is -2.30. The predicted octanol–water partition coefficient (Wildman–Crippen LogP) is 1.02. The standard InChI is InChI=1S/C15H19N3O2/c1-11(19)17-14-7-8-18(10-14)15(20)6-5-12-3-2-4-13(16)9-12/h2-6,9,14H,7-8,10,16H2,1H3,(H,17,19)/b6-5+. The van der Waals surface area contributed by atoms with Gasteiger partial charge in [0, 0.05) is 37.8 Å². The summed E-state index contributed by atoms with van der Waals surface area (Å²) in [5.74, 6) is -0.0973. The van der Waals surface area contributed by atoms with Gasteiger partial charge < -0.3 is 16.0 Å². The van der Waals surface area contributed by atoms with E-state index in [9.17, 15) is 9.59 Å². The smallest absolute Gasteiger partial charge is 0.246 e. The molecule has 1 aromatic rings. The van der Waals surface area contributed by atoms with Gasteiger partial charge in [0.1, 0.15) is 0 Å². The van der Waals surface area contributed by atoms with E-state index in [0.29, 0.717) is 18.8 Å². The second kappa shape index (κ2) is 6.23. The number of nitrogens with two attached hydrogens (primary N) is 1. The first-order valence-corrected chi connectivity index (χ1v) is 6.64. The highest BCUT2D eigenvalue weighted by molar-refractivity contribution is 5.92. The fourth-order valence-corrected chi connectivity index (χ4v) is 2.30. The molecule has 1 heterocycles. The Balaban J connectivity index is 1.91. The van der Waals surface area contributed by atoms with Crippen LogP contribution in [0.2, 0.25) is 0 Å². The van der Waals surface area contributed by atoms with E-state index in [2.05, 4.69) is 5.32 Å². The maximum Gasteiger partial charge on any atom is 0.246 e. The molecule has 2 rings (SSSR count). The Bertz CT molecular complexity index is 540. The molecular weight excluding hydrogens is 254 g/mol. The first kappa shape index (κ1) is 14.1. The minimum atomic E-state index is -0.0559. The zero-order valence-electron chi connectivity index (χ0n) is 11.5. The summed E-state index contributed by atoms with van der Waals surface area (Å²) in [7, 11) is 0. The molecule has 2 amide bonds. The molecule has 1 atom stereocenters. The zero-order chi connectivity index (χ0) is 14.5. The summed E-state index contributed by atoms with van der Waals surface area (Å²) in [5.41, 5.74) is 7.25. The van der Waals surface area contributed by atoms with E-state index in [4.69, 9.17) is 5.73 Å². The van der Waals surface area contributed by atoms with Crippen molar-refractivity contribution < 1.29 is 9.59 Å². The number of anilines is 1. The van der Waals surface area contributed by atoms with Crippen molar-refractivity contribution in [3.05, 3.63) is 35.9 Å². The molecular formula is C15H19N3O2. The topological polar surface area (TPSA) is 75.4 Å². The van der Waals surface area contributed by atoms with Gasteiger partial charge in [-0.2, -0.15) is 0 Å². The molecule has 1 saturated heterocycles. The number of nitrogen functional groups attached to an aromatic ring is 1. The van der Waals surface area contributed by atoms with Crippen molar-refractivity contribution in [3.8, 4) is 0 Å². The molecule has 5 nitrogen and oxygen atoms in total. The van der Waals surface area contributed by atoms with Crippen LogP contribution in [-0.4, -0.2) is 35.8 Å². The molecule has 1 aliphatic heterocycles. The molecule has 0 bridgehead atoms. The van der Waals surface area contributed by atoms with Crippen molar-refractivity contribution in [2.45, 2.75) is 19.4 Å². The number of carbonyl (C=O) groups excluding carboxylic acids is 2. The van der Waals surface area contributed by atoms with Crippen LogP contribution in [-0.2, 0) is 9.59 Å². The van der Waals surface area contributed by atoms with E-state index >= 15 is 0 Å². The predicted molar refractivity (Wildman–Crippen MR) is 78.7 cm³/mol. The molecule has 0 spiro atoms. The van der Waals surface area contributed by atoms with Gasteiger partial charge in [0.25, 0.3) is 0 Å². The van der Waals surface area contributed by atoms with Gasteiger partial charge in [-0.3, -0.25) is 9.59 Å². The lowest BCUT2D eigenvalue weighted by Gasteiger charge is -2.14. The molecule has 1 unspecified atom stereocenters. The lowest BCUT2D eigenvalue weighted by molar-refractivity contribution is -0.125. The number of nitrogens with one attached hydrogen (secondary N) is 1. The number of hydrogen-bond acceptors (Lipinski definition) is 3. The second-order valence-electron chi connectivity index (χ2n) is 4.97. The quantitative estimate of drug-likeness (QED) is 0.637. The number of likely N-dealkylation sites (tertiary alicyclic amines) is 1. The zero-order valence-corrected chi connectivity index (χ0v) is 11.5. The average Bonchev–Trinajstić information content (AvgIpc) is 2.84. The molecule has 1 aromatic carbocycles. The minimum Gasteiger partial charge on any atom is -0.399 e. The van der Waals surface area contributed by atoms with Crippen LogP contribution in [0.3, 0.4) is 0 Å². The summed E-state index contributed by atoms with van der Waals surface area (Å²) < 4.78 is 0. The van der Waals surface area contributed by atoms with Crippen LogP contribution < -0.4 is 11.1 Å². The van der Waals surface area contributed by atoms with Gasteiger partial charge >= 0.3 is 0 Å². The van der Waals surface area contributed by atoms with E-state index in [-0.39, 0.29) is 17.9 Å². The Kier molecular flexibility index (Phi) is 4.40. The number of hydrogen-bond donors (Lipinski definition) is 2. The summed E-state index contributed by atoms with van der Waals surface area (Å²) in [6.45, 7) is 2.73. The van der Waals surface area contributed by atoms with Crippen LogP contribution in [0.15, 0.2) is 30.3 Å². The van der Waals surface area contributed by atoms with Gasteiger partial charge in [-0.05, 0) is 30.2 Å². The maximum absolute atomic E-state index is 12.0. The van der Waals surface area contributed by atoms with E-state index in [1.165, 1.54) is 6.92 Å². The van der Waals surface area contributed by atoms with Gasteiger partial charge in [0.2, 0.25) is 11.8 Å². The third-order valence-electron chi connectivity index (χ3n) is 3.24. The Labute approximate surface area is 118 Å². The van der Waals surface area contributed by atoms with Crippen molar-refractivity contribution in [2.75, 3.05) is 18.8 Å². The lowest BCUT2D eigenvalue weighted by Crippen LogP contribution is -2.36.